The molecule has 8 N–H and O–H groups in total. The fourth-order valence-electron chi connectivity index (χ4n) is 4.51. The molecule has 14 heteroatoms. The number of nitrogens with two attached hydrogens (primary N) is 4. The molecule has 0 saturated carbocycles. The minimum atomic E-state index is -0.594. The second kappa shape index (κ2) is 13.4. The van der Waals surface area contributed by atoms with Gasteiger partial charge in [-0.2, -0.15) is 0 Å². The van der Waals surface area contributed by atoms with Crippen LogP contribution in [-0.4, -0.2) is 38.0 Å². The van der Waals surface area contributed by atoms with E-state index < -0.39 is 11.8 Å². The van der Waals surface area contributed by atoms with Crippen LogP contribution in [0.25, 0.3) is 22.1 Å². The van der Waals surface area contributed by atoms with E-state index in [1.54, 1.807) is 33.4 Å². The van der Waals surface area contributed by atoms with Gasteiger partial charge in [0.05, 0.1) is 18.1 Å². The highest BCUT2D eigenvalue weighted by atomic mass is 79.9. The average molecular weight is 702 g/mol. The van der Waals surface area contributed by atoms with E-state index in [-0.39, 0.29) is 63.6 Å². The monoisotopic (exact) mass is 700 g/mol. The van der Waals surface area contributed by atoms with Crippen molar-refractivity contribution in [2.24, 2.45) is 11.5 Å². The second-order valence-electron chi connectivity index (χ2n) is 9.02. The molecule has 5 rings (SSSR count). The lowest BCUT2D eigenvalue weighted by Crippen LogP contribution is -2.11. The summed E-state index contributed by atoms with van der Waals surface area (Å²) in [6, 6.07) is 16.0. The topological polar surface area (TPSA) is 192 Å². The molecule has 42 heavy (non-hydrogen) atoms. The molecule has 0 fully saturated rings. The first-order chi connectivity index (χ1) is 19.3. The number of amides is 2. The van der Waals surface area contributed by atoms with E-state index in [0.717, 1.165) is 5.56 Å². The van der Waals surface area contributed by atoms with Gasteiger partial charge in [0.1, 0.15) is 29.1 Å². The zero-order valence-corrected chi connectivity index (χ0v) is 25.9. The molecule has 0 unspecified atom stereocenters. The Kier molecular flexibility index (Phi) is 10.2. The lowest BCUT2D eigenvalue weighted by molar-refractivity contribution is 0.0991. The number of benzene rings is 3. The quantitative estimate of drug-likeness (QED) is 0.158. The lowest BCUT2D eigenvalue weighted by Gasteiger charge is -2.12. The van der Waals surface area contributed by atoms with Crippen LogP contribution in [0.5, 0.6) is 11.5 Å². The summed E-state index contributed by atoms with van der Waals surface area (Å²) in [5, 5.41) is 0. The number of rotatable bonds is 10. The lowest BCUT2D eigenvalue weighted by atomic mass is 10.1. The van der Waals surface area contributed by atoms with Gasteiger partial charge in [0.25, 0.3) is 0 Å². The summed E-state index contributed by atoms with van der Waals surface area (Å²) in [7, 11) is 1.50. The molecule has 0 atom stereocenters. The number of carbonyl (C=O) groups is 2. The molecule has 3 aromatic carbocycles. The molecule has 12 nitrogen and oxygen atoms in total. The third-order valence-electron chi connectivity index (χ3n) is 6.44. The van der Waals surface area contributed by atoms with Crippen LogP contribution in [0.1, 0.15) is 26.3 Å². The molecule has 0 radical (unpaired) electrons. The number of anilines is 2. The maximum Gasteiger partial charge on any atom is 0.248 e. The van der Waals surface area contributed by atoms with Crippen LogP contribution in [0.3, 0.4) is 0 Å². The molecule has 0 bridgehead atoms. The van der Waals surface area contributed by atoms with E-state index >= 15 is 0 Å². The summed E-state index contributed by atoms with van der Waals surface area (Å²) in [5.41, 5.74) is 27.2. The molecule has 2 amide bonds. The summed E-state index contributed by atoms with van der Waals surface area (Å²) in [5.74, 6) is 0.185. The van der Waals surface area contributed by atoms with Crippen molar-refractivity contribution in [1.29, 1.82) is 0 Å². The largest absolute Gasteiger partial charge is 0.494 e. The standard InChI is InChI=1S/C28H28N8O4.2BrH/c1-39-21-13-17(25(29)37)11-19-23(21)35(27(31)33-19)9-5-6-10-36-24-20(34-28(36)32)12-18(26(30)38)14-22(24)40-15-16-7-3-2-4-8-16;;/h2-8,11-14H,9-10,15H2,1H3,(H2,29,37)(H2,30,38)(H2,31,33)(H2,32,34);2*1H. The Morgan fingerprint density at radius 2 is 1.26 bits per heavy atom. The van der Waals surface area contributed by atoms with Crippen LogP contribution in [0.2, 0.25) is 0 Å². The predicted molar refractivity (Wildman–Crippen MR) is 172 cm³/mol. The zero-order valence-electron chi connectivity index (χ0n) is 22.5. The Morgan fingerprint density at radius 1 is 0.786 bits per heavy atom. The Balaban J connectivity index is 0.00000242. The fraction of sp³-hybridized carbons (Fsp3) is 0.143. The third-order valence-corrected chi connectivity index (χ3v) is 6.44. The van der Waals surface area contributed by atoms with Crippen molar-refractivity contribution in [2.75, 3.05) is 18.6 Å². The van der Waals surface area contributed by atoms with Crippen molar-refractivity contribution >= 4 is 79.7 Å². The normalized spacial score (nSPS) is 10.9. The number of imidazole rings is 2. The van der Waals surface area contributed by atoms with Gasteiger partial charge in [-0.05, 0) is 29.8 Å². The van der Waals surface area contributed by atoms with Gasteiger partial charge in [-0.3, -0.25) is 9.59 Å². The summed E-state index contributed by atoms with van der Waals surface area (Å²) in [6.45, 7) is 1.01. The van der Waals surface area contributed by atoms with Gasteiger partial charge in [0.2, 0.25) is 23.7 Å². The van der Waals surface area contributed by atoms with Crippen molar-refractivity contribution in [2.45, 2.75) is 19.7 Å². The van der Waals surface area contributed by atoms with Gasteiger partial charge in [-0.15, -0.1) is 34.0 Å². The summed E-state index contributed by atoms with van der Waals surface area (Å²) >= 11 is 0. The van der Waals surface area contributed by atoms with Crippen LogP contribution in [0.4, 0.5) is 11.9 Å². The van der Waals surface area contributed by atoms with Gasteiger partial charge >= 0.3 is 0 Å². The molecule has 0 spiro atoms. The van der Waals surface area contributed by atoms with Crippen molar-refractivity contribution in [1.82, 2.24) is 19.1 Å². The molecular weight excluding hydrogens is 672 g/mol. The van der Waals surface area contributed by atoms with Crippen LogP contribution >= 0.6 is 34.0 Å². The number of nitrogens with zero attached hydrogens (tertiary/aromatic N) is 4. The van der Waals surface area contributed by atoms with Crippen LogP contribution in [-0.2, 0) is 19.7 Å². The number of carbonyl (C=O) groups excluding carboxylic acids is 2. The first kappa shape index (κ1) is 32.0. The molecular formula is C28H30Br2N8O4. The van der Waals surface area contributed by atoms with E-state index in [9.17, 15) is 9.59 Å². The smallest absolute Gasteiger partial charge is 0.248 e. The average Bonchev–Trinajstić information content (AvgIpc) is 3.44. The minimum Gasteiger partial charge on any atom is -0.494 e. The summed E-state index contributed by atoms with van der Waals surface area (Å²) < 4.78 is 15.1. The van der Waals surface area contributed by atoms with E-state index in [2.05, 4.69) is 9.97 Å². The third kappa shape index (κ3) is 6.34. The SMILES string of the molecule is Br.Br.COc1cc(C(N)=O)cc2nc(N)n(CC=CCn3c(N)nc4cc(C(N)=O)cc(OCc5ccccc5)c43)c12. The van der Waals surface area contributed by atoms with Crippen molar-refractivity contribution < 1.29 is 19.1 Å². The zero-order chi connectivity index (χ0) is 28.4. The highest BCUT2D eigenvalue weighted by molar-refractivity contribution is 8.93. The van der Waals surface area contributed by atoms with Crippen molar-refractivity contribution in [3.63, 3.8) is 0 Å². The minimum absolute atomic E-state index is 0. The molecule has 0 saturated heterocycles. The summed E-state index contributed by atoms with van der Waals surface area (Å²) in [4.78, 5) is 32.4. The number of fused-ring (bicyclic) bond motifs is 2. The Bertz CT molecular complexity index is 1780. The van der Waals surface area contributed by atoms with Gasteiger partial charge in [-0.1, -0.05) is 42.5 Å². The molecule has 2 aromatic heterocycles. The molecule has 2 heterocycles. The highest BCUT2D eigenvalue weighted by Gasteiger charge is 2.18. The number of hydrogen-bond donors (Lipinski definition) is 4. The van der Waals surface area contributed by atoms with Gasteiger partial charge < -0.3 is 41.5 Å². The number of methoxy groups -OCH3 is 1. The second-order valence-corrected chi connectivity index (χ2v) is 9.02. The van der Waals surface area contributed by atoms with Crippen LogP contribution < -0.4 is 32.4 Å². The number of hydrogen-bond acceptors (Lipinski definition) is 8. The van der Waals surface area contributed by atoms with E-state index in [0.29, 0.717) is 46.7 Å². The number of aromatic nitrogens is 4. The van der Waals surface area contributed by atoms with Crippen LogP contribution in [0, 0.1) is 0 Å². The maximum absolute atomic E-state index is 11.9. The number of primary amides is 2. The van der Waals surface area contributed by atoms with Gasteiger partial charge in [0.15, 0.2) is 0 Å². The fourth-order valence-corrected chi connectivity index (χ4v) is 4.51. The molecule has 0 aliphatic carbocycles. The molecule has 0 aliphatic heterocycles. The van der Waals surface area contributed by atoms with Gasteiger partial charge in [0, 0.05) is 24.2 Å². The predicted octanol–water partition coefficient (Wildman–Crippen LogP) is 3.75. The molecule has 0 aliphatic rings. The van der Waals surface area contributed by atoms with E-state index in [1.807, 2.05) is 42.5 Å². The first-order valence-corrected chi connectivity index (χ1v) is 12.3. The van der Waals surface area contributed by atoms with Crippen LogP contribution in [0.15, 0.2) is 66.7 Å². The van der Waals surface area contributed by atoms with Crippen molar-refractivity contribution in [3.8, 4) is 11.5 Å². The maximum atomic E-state index is 11.9. The Labute approximate surface area is 261 Å². The number of ether oxygens (including phenoxy) is 2. The Morgan fingerprint density at radius 3 is 1.74 bits per heavy atom. The number of allylic oxidation sites excluding steroid dienone is 2. The van der Waals surface area contributed by atoms with E-state index in [4.69, 9.17) is 32.4 Å². The molecule has 220 valence electrons. The van der Waals surface area contributed by atoms with Gasteiger partial charge in [-0.25, -0.2) is 9.97 Å². The highest BCUT2D eigenvalue weighted by Crippen LogP contribution is 2.31. The summed E-state index contributed by atoms with van der Waals surface area (Å²) in [6.07, 6.45) is 3.79. The number of halogens is 2. The van der Waals surface area contributed by atoms with E-state index in [1.165, 1.54) is 7.11 Å². The van der Waals surface area contributed by atoms with Crippen molar-refractivity contribution in [3.05, 3.63) is 83.4 Å². The first-order valence-electron chi connectivity index (χ1n) is 12.3. The molecule has 5 aromatic rings. The number of nitrogen functional groups attached to an aromatic ring is 2. The Hall–Kier alpha value is -4.56.